The Labute approximate surface area is 173 Å². The van der Waals surface area contributed by atoms with E-state index in [2.05, 4.69) is 5.32 Å². The van der Waals surface area contributed by atoms with E-state index in [1.54, 1.807) is 31.4 Å². The maximum Gasteiger partial charge on any atom is 0.251 e. The van der Waals surface area contributed by atoms with Gasteiger partial charge in [0.2, 0.25) is 15.9 Å². The minimum atomic E-state index is -3.77. The van der Waals surface area contributed by atoms with E-state index < -0.39 is 21.8 Å². The Bertz CT molecular complexity index is 1020. The predicted octanol–water partition coefficient (Wildman–Crippen LogP) is 2.22. The number of nitrogens with one attached hydrogen (secondary N) is 1. The molecule has 1 aliphatic heterocycles. The first-order valence-electron chi connectivity index (χ1n) is 8.72. The van der Waals surface area contributed by atoms with Crippen LogP contribution in [0, 0.1) is 0 Å². The summed E-state index contributed by atoms with van der Waals surface area (Å²) in [7, 11) is -2.20. The van der Waals surface area contributed by atoms with Crippen molar-refractivity contribution in [3.63, 3.8) is 0 Å². The molecule has 8 nitrogen and oxygen atoms in total. The number of ether oxygens (including phenoxy) is 2. The van der Waals surface area contributed by atoms with Crippen LogP contribution in [0.5, 0.6) is 11.5 Å². The van der Waals surface area contributed by atoms with Crippen molar-refractivity contribution in [1.29, 1.82) is 0 Å². The standard InChI is InChI=1S/C19H19ClN2O6S/c1-27-14-3-5-15(6-4-14)28-10-9-21-19(24)13-2-7-16(20)17(12-13)22-18(23)8-11-29(22,25)26/h2-7,12H,8-11H2,1H3,(H,21,24). The fraction of sp³-hybridized carbons (Fsp3) is 0.263. The van der Waals surface area contributed by atoms with Crippen LogP contribution in [0.15, 0.2) is 42.5 Å². The van der Waals surface area contributed by atoms with Crippen LogP contribution in [0.3, 0.4) is 0 Å². The van der Waals surface area contributed by atoms with Crippen LogP contribution in [0.25, 0.3) is 0 Å². The molecule has 1 aliphatic rings. The van der Waals surface area contributed by atoms with Gasteiger partial charge in [-0.05, 0) is 42.5 Å². The number of amides is 2. The van der Waals surface area contributed by atoms with Crippen LogP contribution in [-0.2, 0) is 14.8 Å². The van der Waals surface area contributed by atoms with Gasteiger partial charge < -0.3 is 14.8 Å². The lowest BCUT2D eigenvalue weighted by Gasteiger charge is -2.17. The first-order chi connectivity index (χ1) is 13.8. The molecule has 1 N–H and O–H groups in total. The molecule has 1 fully saturated rings. The van der Waals surface area contributed by atoms with Gasteiger partial charge in [0.05, 0.1) is 30.1 Å². The first kappa shape index (κ1) is 20.9. The van der Waals surface area contributed by atoms with Gasteiger partial charge in [0, 0.05) is 12.0 Å². The average molecular weight is 439 g/mol. The number of nitrogens with zero attached hydrogens (tertiary/aromatic N) is 1. The Morgan fingerprint density at radius 3 is 2.48 bits per heavy atom. The van der Waals surface area contributed by atoms with E-state index in [1.165, 1.54) is 18.2 Å². The number of rotatable bonds is 7. The molecule has 0 saturated carbocycles. The Balaban J connectivity index is 1.61. The van der Waals surface area contributed by atoms with Crippen molar-refractivity contribution in [2.75, 3.05) is 30.3 Å². The molecule has 10 heteroatoms. The van der Waals surface area contributed by atoms with E-state index >= 15 is 0 Å². The van der Waals surface area contributed by atoms with Crippen molar-refractivity contribution >= 4 is 39.1 Å². The summed E-state index contributed by atoms with van der Waals surface area (Å²) in [5, 5.41) is 2.75. The predicted molar refractivity (Wildman–Crippen MR) is 108 cm³/mol. The van der Waals surface area contributed by atoms with Crippen molar-refractivity contribution in [2.45, 2.75) is 6.42 Å². The second-order valence-corrected chi connectivity index (χ2v) is 8.51. The van der Waals surface area contributed by atoms with Gasteiger partial charge in [0.25, 0.3) is 5.91 Å². The minimum Gasteiger partial charge on any atom is -0.497 e. The number of benzene rings is 2. The highest BCUT2D eigenvalue weighted by atomic mass is 35.5. The minimum absolute atomic E-state index is 0.0173. The highest BCUT2D eigenvalue weighted by Crippen LogP contribution is 2.32. The smallest absolute Gasteiger partial charge is 0.251 e. The van der Waals surface area contributed by atoms with E-state index in [0.717, 1.165) is 0 Å². The lowest BCUT2D eigenvalue weighted by Crippen LogP contribution is -2.31. The Kier molecular flexibility index (Phi) is 6.29. The van der Waals surface area contributed by atoms with Gasteiger partial charge in [-0.2, -0.15) is 0 Å². The van der Waals surface area contributed by atoms with Crippen molar-refractivity contribution < 1.29 is 27.5 Å². The number of halogens is 1. The topological polar surface area (TPSA) is 102 Å². The zero-order valence-electron chi connectivity index (χ0n) is 15.6. The number of anilines is 1. The second-order valence-electron chi connectivity index (χ2n) is 6.17. The Morgan fingerprint density at radius 1 is 1.17 bits per heavy atom. The number of hydrogen-bond donors (Lipinski definition) is 1. The van der Waals surface area contributed by atoms with Crippen molar-refractivity contribution in [1.82, 2.24) is 5.32 Å². The third-order valence-corrected chi connectivity index (χ3v) is 6.22. The molecule has 2 aromatic carbocycles. The third-order valence-electron chi connectivity index (χ3n) is 4.22. The molecule has 0 aliphatic carbocycles. The third kappa shape index (κ3) is 4.80. The van der Waals surface area contributed by atoms with Crippen molar-refractivity contribution in [2.24, 2.45) is 0 Å². The molecule has 154 valence electrons. The second kappa shape index (κ2) is 8.71. The number of hydrogen-bond acceptors (Lipinski definition) is 6. The molecule has 0 aromatic heterocycles. The molecule has 0 radical (unpaired) electrons. The van der Waals surface area contributed by atoms with Crippen LogP contribution in [0.2, 0.25) is 5.02 Å². The van der Waals surface area contributed by atoms with Gasteiger partial charge >= 0.3 is 0 Å². The summed E-state index contributed by atoms with van der Waals surface area (Å²) in [4.78, 5) is 24.4. The quantitative estimate of drug-likeness (QED) is 0.665. The summed E-state index contributed by atoms with van der Waals surface area (Å²) in [5.41, 5.74) is 0.167. The van der Waals surface area contributed by atoms with E-state index in [1.807, 2.05) is 0 Å². The molecule has 0 unspecified atom stereocenters. The maximum absolute atomic E-state index is 12.4. The summed E-state index contributed by atoms with van der Waals surface area (Å²) in [5.74, 6) is 0.0540. The van der Waals surface area contributed by atoms with E-state index in [9.17, 15) is 18.0 Å². The van der Waals surface area contributed by atoms with Crippen LogP contribution in [0.1, 0.15) is 16.8 Å². The zero-order chi connectivity index (χ0) is 21.0. The van der Waals surface area contributed by atoms with Crippen LogP contribution in [0.4, 0.5) is 5.69 Å². The van der Waals surface area contributed by atoms with Crippen LogP contribution in [-0.4, -0.2) is 46.2 Å². The van der Waals surface area contributed by atoms with Crippen molar-refractivity contribution in [3.05, 3.63) is 53.1 Å². The SMILES string of the molecule is COc1ccc(OCCNC(=O)c2ccc(Cl)c(N3C(=O)CCS3(=O)=O)c2)cc1. The molecule has 2 aromatic rings. The normalized spacial score (nSPS) is 15.2. The monoisotopic (exact) mass is 438 g/mol. The molecule has 0 atom stereocenters. The number of carbonyl (C=O) groups excluding carboxylic acids is 2. The highest BCUT2D eigenvalue weighted by Gasteiger charge is 2.37. The van der Waals surface area contributed by atoms with Gasteiger partial charge in [0.15, 0.2) is 0 Å². The van der Waals surface area contributed by atoms with Crippen LogP contribution < -0.4 is 19.1 Å². The molecular formula is C19H19ClN2O6S. The lowest BCUT2D eigenvalue weighted by atomic mass is 10.2. The van der Waals surface area contributed by atoms with Crippen LogP contribution >= 0.6 is 11.6 Å². The van der Waals surface area contributed by atoms with Gasteiger partial charge in [-0.15, -0.1) is 0 Å². The summed E-state index contributed by atoms with van der Waals surface area (Å²) in [6, 6.07) is 11.2. The summed E-state index contributed by atoms with van der Waals surface area (Å²) < 4.78 is 35.5. The molecule has 3 rings (SSSR count). The van der Waals surface area contributed by atoms with Crippen molar-refractivity contribution in [3.8, 4) is 11.5 Å². The van der Waals surface area contributed by atoms with Gasteiger partial charge in [-0.25, -0.2) is 12.7 Å². The first-order valence-corrected chi connectivity index (χ1v) is 10.7. The molecule has 0 spiro atoms. The van der Waals surface area contributed by atoms with E-state index in [-0.39, 0.29) is 41.6 Å². The summed E-state index contributed by atoms with van der Waals surface area (Å²) >= 11 is 6.07. The molecule has 2 amide bonds. The number of carbonyl (C=O) groups is 2. The van der Waals surface area contributed by atoms with Gasteiger partial charge in [0.1, 0.15) is 18.1 Å². The van der Waals surface area contributed by atoms with E-state index in [0.29, 0.717) is 15.8 Å². The fourth-order valence-electron chi connectivity index (χ4n) is 2.77. The maximum atomic E-state index is 12.4. The highest BCUT2D eigenvalue weighted by molar-refractivity contribution is 7.94. The van der Waals surface area contributed by atoms with E-state index in [4.69, 9.17) is 21.1 Å². The zero-order valence-corrected chi connectivity index (χ0v) is 17.1. The summed E-state index contributed by atoms with van der Waals surface area (Å²) in [6.45, 7) is 0.460. The molecule has 0 bridgehead atoms. The average Bonchev–Trinajstić information content (AvgIpc) is 2.98. The lowest BCUT2D eigenvalue weighted by molar-refractivity contribution is -0.116. The fourth-order valence-corrected chi connectivity index (χ4v) is 4.49. The Hall–Kier alpha value is -2.78. The molecular weight excluding hydrogens is 420 g/mol. The molecule has 1 heterocycles. The van der Waals surface area contributed by atoms with Gasteiger partial charge in [-0.1, -0.05) is 11.6 Å². The summed E-state index contributed by atoms with van der Waals surface area (Å²) in [6.07, 6.45) is -0.113. The van der Waals surface area contributed by atoms with Gasteiger partial charge in [-0.3, -0.25) is 9.59 Å². The molecule has 29 heavy (non-hydrogen) atoms. The largest absolute Gasteiger partial charge is 0.497 e. The number of methoxy groups -OCH3 is 1. The Morgan fingerprint density at radius 2 is 1.86 bits per heavy atom. The molecule has 1 saturated heterocycles. The number of sulfonamides is 1.